The van der Waals surface area contributed by atoms with Crippen molar-refractivity contribution in [3.8, 4) is 0 Å². The van der Waals surface area contributed by atoms with Gasteiger partial charge in [0.1, 0.15) is 17.5 Å². The minimum Gasteiger partial charge on any atom is -0.384 e. The second-order valence-electron chi connectivity index (χ2n) is 3.40. The molecule has 6 heteroatoms. The predicted molar refractivity (Wildman–Crippen MR) is 56.1 cm³/mol. The van der Waals surface area contributed by atoms with Crippen molar-refractivity contribution in [1.29, 1.82) is 0 Å². The Balaban J connectivity index is 2.51. The summed E-state index contributed by atoms with van der Waals surface area (Å²) >= 11 is 0. The van der Waals surface area contributed by atoms with Crippen LogP contribution in [0.4, 0.5) is 8.78 Å². The van der Waals surface area contributed by atoms with Crippen molar-refractivity contribution in [2.75, 3.05) is 0 Å². The van der Waals surface area contributed by atoms with Crippen molar-refractivity contribution >= 4 is 5.84 Å². The lowest BCUT2D eigenvalue weighted by Crippen LogP contribution is -2.50. The molecule has 0 saturated carbocycles. The maximum absolute atomic E-state index is 13.5. The smallest absolute Gasteiger partial charge is 0.213 e. The van der Waals surface area contributed by atoms with Crippen LogP contribution >= 0.6 is 0 Å². The summed E-state index contributed by atoms with van der Waals surface area (Å²) in [5.41, 5.74) is 11.2. The van der Waals surface area contributed by atoms with Crippen LogP contribution < -0.4 is 16.8 Å². The Hall–Kier alpha value is -1.95. The second-order valence-corrected chi connectivity index (χ2v) is 3.40. The number of hydrogen-bond donors (Lipinski definition) is 3. The van der Waals surface area contributed by atoms with E-state index in [9.17, 15) is 8.78 Å². The van der Waals surface area contributed by atoms with Crippen molar-refractivity contribution in [2.45, 2.75) is 5.79 Å². The molecule has 1 unspecified atom stereocenters. The molecule has 0 saturated heterocycles. The summed E-state index contributed by atoms with van der Waals surface area (Å²) in [4.78, 5) is 3.85. The molecule has 84 valence electrons. The summed E-state index contributed by atoms with van der Waals surface area (Å²) in [7, 11) is 0. The molecule has 0 aromatic heterocycles. The van der Waals surface area contributed by atoms with Crippen LogP contribution in [-0.2, 0) is 5.79 Å². The highest BCUT2D eigenvalue weighted by molar-refractivity contribution is 5.92. The number of amidine groups is 1. The molecule has 0 radical (unpaired) electrons. The zero-order valence-corrected chi connectivity index (χ0v) is 8.24. The van der Waals surface area contributed by atoms with Gasteiger partial charge in [0.05, 0.1) is 5.56 Å². The van der Waals surface area contributed by atoms with Gasteiger partial charge in [-0.1, -0.05) is 0 Å². The Morgan fingerprint density at radius 2 is 2.06 bits per heavy atom. The molecule has 1 aliphatic rings. The van der Waals surface area contributed by atoms with E-state index in [0.717, 1.165) is 18.2 Å². The molecule has 1 heterocycles. The van der Waals surface area contributed by atoms with Crippen LogP contribution in [-0.4, -0.2) is 5.84 Å². The molecule has 0 amide bonds. The van der Waals surface area contributed by atoms with Gasteiger partial charge >= 0.3 is 0 Å². The monoisotopic (exact) mass is 224 g/mol. The SMILES string of the molecule is NC1=NC(N)(c2cc(F)ccc2F)NC=C1. The zero-order chi connectivity index (χ0) is 11.8. The standard InChI is InChI=1S/C10H10F2N4/c11-6-1-2-8(12)7(5-6)10(14)15-4-3-9(13)16-10/h1-5,15H,14H2,(H2,13,16). The molecule has 1 atom stereocenters. The number of benzene rings is 1. The third kappa shape index (κ3) is 1.74. The lowest BCUT2D eigenvalue weighted by Gasteiger charge is -2.28. The Kier molecular flexibility index (Phi) is 2.35. The summed E-state index contributed by atoms with van der Waals surface area (Å²) in [6.07, 6.45) is 2.91. The van der Waals surface area contributed by atoms with Gasteiger partial charge in [0, 0.05) is 6.20 Å². The van der Waals surface area contributed by atoms with Gasteiger partial charge in [-0.2, -0.15) is 0 Å². The number of nitrogens with zero attached hydrogens (tertiary/aromatic N) is 1. The van der Waals surface area contributed by atoms with Crippen LogP contribution in [0.5, 0.6) is 0 Å². The first-order valence-electron chi connectivity index (χ1n) is 4.55. The van der Waals surface area contributed by atoms with Gasteiger partial charge in [0.2, 0.25) is 5.79 Å². The van der Waals surface area contributed by atoms with E-state index in [0.29, 0.717) is 0 Å². The van der Waals surface area contributed by atoms with Gasteiger partial charge in [-0.15, -0.1) is 0 Å². The minimum absolute atomic E-state index is 0.0974. The molecule has 1 aromatic carbocycles. The molecule has 0 spiro atoms. The fraction of sp³-hybridized carbons (Fsp3) is 0.100. The van der Waals surface area contributed by atoms with Gasteiger partial charge < -0.3 is 11.1 Å². The maximum atomic E-state index is 13.5. The lowest BCUT2D eigenvalue weighted by atomic mass is 10.1. The van der Waals surface area contributed by atoms with Crippen LogP contribution in [0.25, 0.3) is 0 Å². The Morgan fingerprint density at radius 1 is 1.31 bits per heavy atom. The van der Waals surface area contributed by atoms with Gasteiger partial charge in [-0.25, -0.2) is 13.8 Å². The minimum atomic E-state index is -1.56. The summed E-state index contributed by atoms with van der Waals surface area (Å²) in [6.45, 7) is 0. The van der Waals surface area contributed by atoms with E-state index in [1.165, 1.54) is 12.3 Å². The number of aliphatic imine (C=N–C) groups is 1. The molecular formula is C10H10F2N4. The van der Waals surface area contributed by atoms with E-state index in [1.54, 1.807) is 0 Å². The van der Waals surface area contributed by atoms with Gasteiger partial charge in [0.15, 0.2) is 0 Å². The average Bonchev–Trinajstić information content (AvgIpc) is 2.21. The summed E-state index contributed by atoms with van der Waals surface area (Å²) in [6, 6.07) is 2.98. The zero-order valence-electron chi connectivity index (χ0n) is 8.24. The molecule has 0 aliphatic carbocycles. The average molecular weight is 224 g/mol. The van der Waals surface area contributed by atoms with Crippen molar-refractivity contribution in [2.24, 2.45) is 16.5 Å². The van der Waals surface area contributed by atoms with E-state index in [2.05, 4.69) is 10.3 Å². The van der Waals surface area contributed by atoms with Crippen molar-refractivity contribution in [3.05, 3.63) is 47.7 Å². The van der Waals surface area contributed by atoms with Crippen LogP contribution in [0.2, 0.25) is 0 Å². The van der Waals surface area contributed by atoms with Crippen LogP contribution in [0, 0.1) is 11.6 Å². The Morgan fingerprint density at radius 3 is 2.75 bits per heavy atom. The van der Waals surface area contributed by atoms with E-state index in [1.807, 2.05) is 0 Å². The molecule has 1 aromatic rings. The molecule has 0 fully saturated rings. The molecular weight excluding hydrogens is 214 g/mol. The molecule has 0 bridgehead atoms. The van der Waals surface area contributed by atoms with Crippen molar-refractivity contribution in [1.82, 2.24) is 5.32 Å². The maximum Gasteiger partial charge on any atom is 0.213 e. The van der Waals surface area contributed by atoms with Crippen LogP contribution in [0.1, 0.15) is 5.56 Å². The van der Waals surface area contributed by atoms with E-state index in [4.69, 9.17) is 11.5 Å². The lowest BCUT2D eigenvalue weighted by molar-refractivity contribution is 0.386. The van der Waals surface area contributed by atoms with E-state index in [-0.39, 0.29) is 11.4 Å². The molecule has 1 aliphatic heterocycles. The van der Waals surface area contributed by atoms with Gasteiger partial charge in [0.25, 0.3) is 0 Å². The molecule has 4 nitrogen and oxygen atoms in total. The van der Waals surface area contributed by atoms with Crippen molar-refractivity contribution in [3.63, 3.8) is 0 Å². The molecule has 5 N–H and O–H groups in total. The number of hydrogen-bond acceptors (Lipinski definition) is 4. The number of halogens is 2. The van der Waals surface area contributed by atoms with Crippen molar-refractivity contribution < 1.29 is 8.78 Å². The van der Waals surface area contributed by atoms with Crippen LogP contribution in [0.3, 0.4) is 0 Å². The normalized spacial score (nSPS) is 23.8. The highest BCUT2D eigenvalue weighted by Gasteiger charge is 2.30. The molecule has 16 heavy (non-hydrogen) atoms. The number of nitrogens with one attached hydrogen (secondary N) is 1. The largest absolute Gasteiger partial charge is 0.384 e. The number of nitrogens with two attached hydrogens (primary N) is 2. The summed E-state index contributed by atoms with van der Waals surface area (Å²) < 4.78 is 26.5. The first-order chi connectivity index (χ1) is 7.51. The van der Waals surface area contributed by atoms with Crippen LogP contribution in [0.15, 0.2) is 35.5 Å². The highest BCUT2D eigenvalue weighted by atomic mass is 19.1. The fourth-order valence-electron chi connectivity index (χ4n) is 1.45. The number of rotatable bonds is 1. The summed E-state index contributed by atoms with van der Waals surface area (Å²) in [5, 5.41) is 2.63. The van der Waals surface area contributed by atoms with Gasteiger partial charge in [-0.05, 0) is 24.3 Å². The first-order valence-corrected chi connectivity index (χ1v) is 4.55. The van der Waals surface area contributed by atoms with E-state index >= 15 is 0 Å². The predicted octanol–water partition coefficient (Wildman–Crippen LogP) is 0.508. The highest BCUT2D eigenvalue weighted by Crippen LogP contribution is 2.23. The first kappa shape index (κ1) is 10.6. The van der Waals surface area contributed by atoms with E-state index < -0.39 is 17.4 Å². The van der Waals surface area contributed by atoms with Gasteiger partial charge in [-0.3, -0.25) is 5.73 Å². The Bertz CT molecular complexity index is 484. The topological polar surface area (TPSA) is 76.4 Å². The third-order valence-corrected chi connectivity index (χ3v) is 2.20. The molecule has 2 rings (SSSR count). The third-order valence-electron chi connectivity index (χ3n) is 2.20. The second kappa shape index (κ2) is 3.57. The fourth-order valence-corrected chi connectivity index (χ4v) is 1.45. The quantitative estimate of drug-likeness (QED) is 0.650. The Labute approximate surface area is 90.7 Å². The summed E-state index contributed by atoms with van der Waals surface area (Å²) in [5.74, 6) is -2.66.